The molecule has 0 fully saturated rings. The van der Waals surface area contributed by atoms with Crippen molar-refractivity contribution in [2.24, 2.45) is 0 Å². The first-order valence-corrected chi connectivity index (χ1v) is 13.6. The molecular weight excluding hydrogens is 432 g/mol. The summed E-state index contributed by atoms with van der Waals surface area (Å²) in [5.74, 6) is 0. The van der Waals surface area contributed by atoms with Gasteiger partial charge in [0.2, 0.25) is 0 Å². The maximum Gasteiger partial charge on any atom is -0.00144 e. The van der Waals surface area contributed by atoms with Gasteiger partial charge in [-0.1, -0.05) is 132 Å². The van der Waals surface area contributed by atoms with Gasteiger partial charge in [-0.3, -0.25) is 0 Å². The third-order valence-corrected chi connectivity index (χ3v) is 8.08. The van der Waals surface area contributed by atoms with Crippen LogP contribution >= 0.6 is 0 Å². The lowest BCUT2D eigenvalue weighted by molar-refractivity contribution is 0.565. The van der Waals surface area contributed by atoms with Crippen molar-refractivity contribution in [3.05, 3.63) is 70.8 Å². The normalized spacial score (nSPS) is 14.1. The third kappa shape index (κ3) is 3.63. The monoisotopic (exact) mass is 476 g/mol. The van der Waals surface area contributed by atoms with Crippen LogP contribution in [0, 0.1) is 0 Å². The predicted octanol–water partition coefficient (Wildman–Crippen LogP) is 10.9. The zero-order chi connectivity index (χ0) is 26.6. The fraction of sp³-hybridized carbons (Fsp3) is 0.444. The molecule has 0 nitrogen and oxygen atoms in total. The Morgan fingerprint density at radius 1 is 0.361 bits per heavy atom. The smallest absolute Gasteiger partial charge is 0.00144 e. The Bertz CT molecular complexity index is 1510. The van der Waals surface area contributed by atoms with Crippen LogP contribution < -0.4 is 0 Å². The number of rotatable bonds is 0. The van der Waals surface area contributed by atoms with Crippen molar-refractivity contribution in [2.45, 2.75) is 105 Å². The van der Waals surface area contributed by atoms with E-state index in [9.17, 15) is 0 Å². The first-order valence-electron chi connectivity index (χ1n) is 13.6. The topological polar surface area (TPSA) is 0 Å². The Kier molecular flexibility index (Phi) is 5.20. The van der Waals surface area contributed by atoms with Gasteiger partial charge in [-0.2, -0.15) is 0 Å². The van der Waals surface area contributed by atoms with Crippen LogP contribution in [0.4, 0.5) is 0 Å². The zero-order valence-corrected chi connectivity index (χ0v) is 24.6. The van der Waals surface area contributed by atoms with E-state index in [1.165, 1.54) is 65.3 Å². The molecule has 5 aromatic carbocycles. The summed E-state index contributed by atoms with van der Waals surface area (Å²) < 4.78 is 0. The molecule has 0 aromatic heterocycles. The molecule has 0 aliphatic rings. The van der Waals surface area contributed by atoms with Gasteiger partial charge in [0.15, 0.2) is 0 Å². The van der Waals surface area contributed by atoms with Crippen molar-refractivity contribution in [3.8, 4) is 0 Å². The first-order chi connectivity index (χ1) is 16.4. The second kappa shape index (κ2) is 7.47. The number of hydrogen-bond acceptors (Lipinski definition) is 0. The van der Waals surface area contributed by atoms with Crippen LogP contribution in [-0.2, 0) is 21.7 Å². The second-order valence-electron chi connectivity index (χ2n) is 15.2. The van der Waals surface area contributed by atoms with Gasteiger partial charge in [-0.05, 0) is 87.0 Å². The van der Waals surface area contributed by atoms with Crippen LogP contribution in [-0.4, -0.2) is 0 Å². The lowest BCUT2D eigenvalue weighted by atomic mass is 9.68. The minimum Gasteiger partial charge on any atom is -0.0610 e. The van der Waals surface area contributed by atoms with Crippen LogP contribution in [0.5, 0.6) is 0 Å². The number of hydrogen-bond donors (Lipinski definition) is 0. The highest BCUT2D eigenvalue weighted by Crippen LogP contribution is 2.52. The number of benzene rings is 5. The Morgan fingerprint density at radius 3 is 1.03 bits per heavy atom. The van der Waals surface area contributed by atoms with Gasteiger partial charge in [0, 0.05) is 0 Å². The molecule has 0 heteroatoms. The maximum atomic E-state index is 2.57. The molecule has 0 spiro atoms. The quantitative estimate of drug-likeness (QED) is 0.154. The summed E-state index contributed by atoms with van der Waals surface area (Å²) in [6, 6.07) is 18.9. The van der Waals surface area contributed by atoms with E-state index in [4.69, 9.17) is 0 Å². The van der Waals surface area contributed by atoms with Gasteiger partial charge in [0.1, 0.15) is 0 Å². The SMILES string of the molecule is CC(C)(C)c1cc(C(C)(C)C)c2c3cccc4cccc(c5c(C(C)(C)C)cc(C(C)(C)C)c1c25)c43. The lowest BCUT2D eigenvalue weighted by Crippen LogP contribution is -2.22. The molecule has 0 atom stereocenters. The van der Waals surface area contributed by atoms with Crippen molar-refractivity contribution >= 4 is 43.1 Å². The van der Waals surface area contributed by atoms with E-state index in [0.29, 0.717) is 0 Å². The van der Waals surface area contributed by atoms with E-state index in [-0.39, 0.29) is 21.7 Å². The predicted molar refractivity (Wildman–Crippen MR) is 162 cm³/mol. The lowest BCUT2D eigenvalue weighted by Gasteiger charge is -2.35. The fourth-order valence-electron chi connectivity index (χ4n) is 6.32. The van der Waals surface area contributed by atoms with E-state index in [1.807, 2.05) is 0 Å². The van der Waals surface area contributed by atoms with Crippen molar-refractivity contribution in [2.75, 3.05) is 0 Å². The number of fused-ring (bicyclic) bond motifs is 2. The summed E-state index contributed by atoms with van der Waals surface area (Å²) in [7, 11) is 0. The summed E-state index contributed by atoms with van der Waals surface area (Å²) in [6.07, 6.45) is 0. The van der Waals surface area contributed by atoms with Gasteiger partial charge in [-0.15, -0.1) is 0 Å². The summed E-state index contributed by atoms with van der Waals surface area (Å²) >= 11 is 0. The molecular formula is C36H44. The Labute approximate surface area is 218 Å². The molecule has 0 aliphatic heterocycles. The molecule has 0 aliphatic carbocycles. The maximum absolute atomic E-state index is 2.57. The Morgan fingerprint density at radius 2 is 0.694 bits per heavy atom. The summed E-state index contributed by atoms with van der Waals surface area (Å²) in [5.41, 5.74) is 5.99. The molecule has 5 aromatic rings. The first kappa shape index (κ1) is 25.1. The molecule has 0 N–H and O–H groups in total. The molecule has 0 amide bonds. The van der Waals surface area contributed by atoms with Crippen molar-refractivity contribution in [1.29, 1.82) is 0 Å². The van der Waals surface area contributed by atoms with Crippen LogP contribution in [0.2, 0.25) is 0 Å². The van der Waals surface area contributed by atoms with E-state index in [2.05, 4.69) is 132 Å². The van der Waals surface area contributed by atoms with Crippen molar-refractivity contribution in [3.63, 3.8) is 0 Å². The van der Waals surface area contributed by atoms with Gasteiger partial charge >= 0.3 is 0 Å². The van der Waals surface area contributed by atoms with E-state index in [0.717, 1.165) is 0 Å². The summed E-state index contributed by atoms with van der Waals surface area (Å²) in [4.78, 5) is 0. The second-order valence-corrected chi connectivity index (χ2v) is 15.2. The van der Waals surface area contributed by atoms with Crippen molar-refractivity contribution in [1.82, 2.24) is 0 Å². The van der Waals surface area contributed by atoms with Crippen LogP contribution in [0.1, 0.15) is 105 Å². The van der Waals surface area contributed by atoms with Crippen LogP contribution in [0.25, 0.3) is 43.1 Å². The van der Waals surface area contributed by atoms with E-state index in [1.54, 1.807) is 0 Å². The highest BCUT2D eigenvalue weighted by atomic mass is 14.4. The minimum absolute atomic E-state index is 0.0227. The average Bonchev–Trinajstić information content (AvgIpc) is 2.73. The zero-order valence-electron chi connectivity index (χ0n) is 24.6. The highest BCUT2D eigenvalue weighted by molar-refractivity contribution is 6.35. The third-order valence-electron chi connectivity index (χ3n) is 8.08. The molecule has 0 radical (unpaired) electrons. The summed E-state index contributed by atoms with van der Waals surface area (Å²) in [5, 5.41) is 11.4. The average molecular weight is 477 g/mol. The van der Waals surface area contributed by atoms with Crippen LogP contribution in [0.3, 0.4) is 0 Å². The molecule has 0 bridgehead atoms. The Balaban J connectivity index is 2.32. The fourth-order valence-corrected chi connectivity index (χ4v) is 6.32. The van der Waals surface area contributed by atoms with Gasteiger partial charge in [0.05, 0.1) is 0 Å². The summed E-state index contributed by atoms with van der Waals surface area (Å²) in [6.45, 7) is 28.6. The van der Waals surface area contributed by atoms with E-state index >= 15 is 0 Å². The van der Waals surface area contributed by atoms with Gasteiger partial charge in [-0.25, -0.2) is 0 Å². The molecule has 0 heterocycles. The highest BCUT2D eigenvalue weighted by Gasteiger charge is 2.33. The largest absolute Gasteiger partial charge is 0.0610 e. The molecule has 0 unspecified atom stereocenters. The molecule has 0 saturated heterocycles. The molecule has 188 valence electrons. The molecule has 36 heavy (non-hydrogen) atoms. The Hall–Kier alpha value is -2.60. The standard InChI is InChI=1S/C36H44/c1-33(2,3)24-19-26(35(7,8)9)31-27(36(10,11)12)20-25(34(4,5)6)30-23-18-14-16-21-15-13-17-22(28(21)23)29(24)32(30)31/h13-20H,1-12H3. The molecule has 5 rings (SSSR count). The van der Waals surface area contributed by atoms with Gasteiger partial charge in [0.25, 0.3) is 0 Å². The molecule has 0 saturated carbocycles. The van der Waals surface area contributed by atoms with E-state index < -0.39 is 0 Å². The van der Waals surface area contributed by atoms with Gasteiger partial charge < -0.3 is 0 Å². The van der Waals surface area contributed by atoms with Crippen molar-refractivity contribution < 1.29 is 0 Å². The minimum atomic E-state index is 0.0227. The van der Waals surface area contributed by atoms with Crippen LogP contribution in [0.15, 0.2) is 48.5 Å².